The first-order chi connectivity index (χ1) is 7.28. The van der Waals surface area contributed by atoms with Crippen molar-refractivity contribution in [3.8, 4) is 0 Å². The molecule has 2 atom stereocenters. The van der Waals surface area contributed by atoms with Crippen LogP contribution in [0.2, 0.25) is 0 Å². The van der Waals surface area contributed by atoms with Gasteiger partial charge in [-0.2, -0.15) is 0 Å². The number of nitrogens with one attached hydrogen (secondary N) is 1. The molecule has 16 heavy (non-hydrogen) atoms. The van der Waals surface area contributed by atoms with Crippen LogP contribution in [-0.4, -0.2) is 30.2 Å². The summed E-state index contributed by atoms with van der Waals surface area (Å²) < 4.78 is 5.10. The molecule has 0 aliphatic carbocycles. The van der Waals surface area contributed by atoms with Crippen molar-refractivity contribution >= 4 is 12.0 Å². The minimum Gasteiger partial charge on any atom is -0.595 e. The van der Waals surface area contributed by atoms with Gasteiger partial charge in [0.2, 0.25) is 5.91 Å². The second-order valence-corrected chi connectivity index (χ2v) is 5.16. The van der Waals surface area contributed by atoms with Crippen molar-refractivity contribution in [2.24, 2.45) is 10.9 Å². The average Bonchev–Trinajstić information content (AvgIpc) is 2.06. The Kier molecular flexibility index (Phi) is 3.78. The molecule has 0 bridgehead atoms. The predicted octanol–water partition coefficient (Wildman–Crippen LogP) is 0.288. The van der Waals surface area contributed by atoms with Crippen LogP contribution in [0.5, 0.6) is 0 Å². The highest BCUT2D eigenvalue weighted by Crippen LogP contribution is 2.16. The fourth-order valence-corrected chi connectivity index (χ4v) is 1.52. The normalized spacial score (nSPS) is 27.5. The van der Waals surface area contributed by atoms with Gasteiger partial charge in [-0.3, -0.25) is 9.79 Å². The summed E-state index contributed by atoms with van der Waals surface area (Å²) in [6, 6.07) is -0.174. The quantitative estimate of drug-likeness (QED) is 0.518. The largest absolute Gasteiger partial charge is 0.595 e. The van der Waals surface area contributed by atoms with E-state index < -0.39 is 11.7 Å². The molecule has 1 heterocycles. The number of hydrogen-bond acceptors (Lipinski definition) is 4. The van der Waals surface area contributed by atoms with Crippen molar-refractivity contribution < 1.29 is 16.1 Å². The number of rotatable bonds is 1. The zero-order chi connectivity index (χ0) is 12.3. The van der Waals surface area contributed by atoms with Crippen molar-refractivity contribution in [3.63, 3.8) is 0 Å². The number of nitrogens with zero attached hydrogens (tertiary/aromatic N) is 1. The van der Waals surface area contributed by atoms with Crippen LogP contribution >= 0.6 is 0 Å². The molecule has 0 aromatic heterocycles. The summed E-state index contributed by atoms with van der Waals surface area (Å²) in [6.45, 7) is 7.72. The van der Waals surface area contributed by atoms with Gasteiger partial charge in [-0.1, -0.05) is 27.7 Å². The zero-order valence-corrected chi connectivity index (χ0v) is 10.2. The Labute approximate surface area is 97.4 Å². The summed E-state index contributed by atoms with van der Waals surface area (Å²) in [6.07, 6.45) is -0.141. The topological polar surface area (TPSA) is 73.8 Å². The lowest BCUT2D eigenvalue weighted by atomic mass is 9.95. The van der Waals surface area contributed by atoms with E-state index in [0.717, 1.165) is 0 Å². The van der Waals surface area contributed by atoms with Gasteiger partial charge in [-0.05, 0) is 5.92 Å². The lowest BCUT2D eigenvalue weighted by Gasteiger charge is -2.32. The predicted molar refractivity (Wildman–Crippen MR) is 61.0 cm³/mol. The summed E-state index contributed by atoms with van der Waals surface area (Å²) in [5, 5.41) is 14.1. The van der Waals surface area contributed by atoms with Crippen molar-refractivity contribution in [2.45, 2.75) is 45.8 Å². The number of amides is 1. The molecule has 1 aliphatic heterocycles. The van der Waals surface area contributed by atoms with Crippen LogP contribution < -0.4 is 10.4 Å². The fraction of sp³-hybridized carbons (Fsp3) is 0.818. The maximum atomic E-state index is 11.5. The van der Waals surface area contributed by atoms with Gasteiger partial charge in [0.1, 0.15) is 6.08 Å². The fourth-order valence-electron chi connectivity index (χ4n) is 1.52. The maximum absolute atomic E-state index is 11.5. The number of carbonyl (C=O) groups excluding carboxylic acids is 1. The molecule has 0 aromatic carbocycles. The number of hydrogen-bond donors (Lipinski definition) is 1. The third-order valence-electron chi connectivity index (χ3n) is 2.34. The second-order valence-electron chi connectivity index (χ2n) is 5.16. The lowest BCUT2D eigenvalue weighted by molar-refractivity contribution is -0.261. The molecule has 5 heteroatoms. The van der Waals surface area contributed by atoms with Crippen molar-refractivity contribution in [3.05, 3.63) is 0 Å². The molecule has 0 aromatic rings. The molecule has 1 N–H and O–H groups in total. The third-order valence-corrected chi connectivity index (χ3v) is 2.34. The summed E-state index contributed by atoms with van der Waals surface area (Å²) in [7, 11) is 0. The number of carbonyl (C=O) groups is 1. The Morgan fingerprint density at radius 2 is 2.25 bits per heavy atom. The van der Waals surface area contributed by atoms with Gasteiger partial charge in [-0.15, -0.1) is 0 Å². The van der Waals surface area contributed by atoms with Crippen molar-refractivity contribution in [2.75, 3.05) is 6.54 Å². The Morgan fingerprint density at radius 3 is 2.75 bits per heavy atom. The van der Waals surface area contributed by atoms with Crippen LogP contribution in [0, 0.1) is 5.92 Å². The summed E-state index contributed by atoms with van der Waals surface area (Å²) >= 11 is 0. The van der Waals surface area contributed by atoms with Crippen LogP contribution in [-0.2, 0) is 9.53 Å². The summed E-state index contributed by atoms with van der Waals surface area (Å²) in [4.78, 5) is 15.0. The van der Waals surface area contributed by atoms with Gasteiger partial charge in [0.25, 0.3) is 0 Å². The summed E-state index contributed by atoms with van der Waals surface area (Å²) in [5.74, 6) is 0.101. The van der Waals surface area contributed by atoms with Crippen LogP contribution in [0.3, 0.4) is 0 Å². The van der Waals surface area contributed by atoms with Gasteiger partial charge >= 0.3 is 0 Å². The molecule has 1 aliphatic rings. The highest BCUT2D eigenvalue weighted by molar-refractivity contribution is 5.77. The molecule has 1 amide bonds. The minimum absolute atomic E-state index is 0. The lowest BCUT2D eigenvalue weighted by Crippen LogP contribution is -2.44. The molecule has 5 nitrogen and oxygen atoms in total. The zero-order valence-electron chi connectivity index (χ0n) is 10.2. The average molecular weight is 229 g/mol. The number of aliphatic imine (C=N–C) groups is 1. The molecule has 1 fully saturated rings. The third kappa shape index (κ3) is 4.08. The van der Waals surface area contributed by atoms with E-state index >= 15 is 0 Å². The molecular formula is C11H21N2O3-. The molecule has 0 saturated carbocycles. The summed E-state index contributed by atoms with van der Waals surface area (Å²) in [5.41, 5.74) is -0.526. The SMILES string of the molecule is C[C@H]1CC(=O)NC[C@H]1N=C([O-])OC(C)(C)C.[HH]. The first-order valence-electron chi connectivity index (χ1n) is 5.48. The Morgan fingerprint density at radius 1 is 1.62 bits per heavy atom. The smallest absolute Gasteiger partial charge is 0.220 e. The molecule has 1 saturated heterocycles. The van der Waals surface area contributed by atoms with E-state index in [4.69, 9.17) is 4.74 Å². The first-order valence-corrected chi connectivity index (χ1v) is 5.48. The van der Waals surface area contributed by atoms with E-state index in [1.807, 2.05) is 6.92 Å². The highest BCUT2D eigenvalue weighted by Gasteiger charge is 2.25. The molecule has 0 radical (unpaired) electrons. The highest BCUT2D eigenvalue weighted by atomic mass is 16.6. The van der Waals surface area contributed by atoms with Gasteiger partial charge in [0, 0.05) is 20.0 Å². The van der Waals surface area contributed by atoms with Crippen molar-refractivity contribution in [1.29, 1.82) is 0 Å². The van der Waals surface area contributed by atoms with Crippen LogP contribution in [0.25, 0.3) is 0 Å². The van der Waals surface area contributed by atoms with E-state index in [0.29, 0.717) is 13.0 Å². The first kappa shape index (κ1) is 12.8. The Balaban J connectivity index is 0.00000256. The second kappa shape index (κ2) is 4.72. The van der Waals surface area contributed by atoms with E-state index in [-0.39, 0.29) is 19.3 Å². The van der Waals surface area contributed by atoms with Gasteiger partial charge in [0.05, 0.1) is 6.04 Å². The molecule has 0 spiro atoms. The van der Waals surface area contributed by atoms with Crippen LogP contribution in [0.4, 0.5) is 0 Å². The standard InChI is InChI=1S/C11H20N2O3.H2/c1-7-5-9(14)12-6-8(7)13-10(15)16-11(2,3)4;/h7-8H,5-6H2,1-4H3,(H,12,14)(H,13,15);1H/p-1/t7-,8+;/m0./s1. The van der Waals surface area contributed by atoms with Gasteiger partial charge in [-0.25, -0.2) is 0 Å². The molecule has 1 rings (SSSR count). The maximum Gasteiger partial charge on any atom is 0.220 e. The van der Waals surface area contributed by atoms with E-state index in [9.17, 15) is 9.90 Å². The molecule has 0 unspecified atom stereocenters. The Hall–Kier alpha value is -1.26. The molecular weight excluding hydrogens is 208 g/mol. The minimum atomic E-state index is -0.555. The van der Waals surface area contributed by atoms with E-state index in [2.05, 4.69) is 10.3 Å². The van der Waals surface area contributed by atoms with Gasteiger partial charge in [0.15, 0.2) is 0 Å². The Bertz CT molecular complexity index is 300. The van der Waals surface area contributed by atoms with Gasteiger partial charge < -0.3 is 15.2 Å². The number of piperidine rings is 1. The van der Waals surface area contributed by atoms with Crippen LogP contribution in [0.1, 0.15) is 35.5 Å². The van der Waals surface area contributed by atoms with Crippen molar-refractivity contribution in [1.82, 2.24) is 5.32 Å². The van der Waals surface area contributed by atoms with E-state index in [1.165, 1.54) is 0 Å². The van der Waals surface area contributed by atoms with Crippen LogP contribution in [0.15, 0.2) is 4.99 Å². The monoisotopic (exact) mass is 229 g/mol. The molecule has 94 valence electrons. The van der Waals surface area contributed by atoms with E-state index in [1.54, 1.807) is 20.8 Å². The number of ether oxygens (including phenoxy) is 1.